The van der Waals surface area contributed by atoms with E-state index >= 15 is 0 Å². The highest BCUT2D eigenvalue weighted by Gasteiger charge is 2.23. The van der Waals surface area contributed by atoms with E-state index < -0.39 is 0 Å². The Bertz CT molecular complexity index is 504. The SMILES string of the molecule is O=Cc1ccc(-c2ccc(C3CC3)cc2)o1. The Morgan fingerprint density at radius 2 is 1.81 bits per heavy atom. The third-order valence-corrected chi connectivity index (χ3v) is 2.99. The van der Waals surface area contributed by atoms with E-state index in [1.165, 1.54) is 18.4 Å². The molecule has 0 bridgehead atoms. The average Bonchev–Trinajstić information content (AvgIpc) is 3.07. The van der Waals surface area contributed by atoms with E-state index in [0.29, 0.717) is 5.76 Å². The predicted octanol–water partition coefficient (Wildman–Crippen LogP) is 3.64. The van der Waals surface area contributed by atoms with Crippen LogP contribution < -0.4 is 0 Å². The second kappa shape index (κ2) is 3.63. The zero-order valence-electron chi connectivity index (χ0n) is 8.85. The summed E-state index contributed by atoms with van der Waals surface area (Å²) in [6, 6.07) is 11.9. The topological polar surface area (TPSA) is 30.2 Å². The molecule has 3 rings (SSSR count). The maximum absolute atomic E-state index is 10.5. The fourth-order valence-corrected chi connectivity index (χ4v) is 1.91. The molecule has 0 N–H and O–H groups in total. The summed E-state index contributed by atoms with van der Waals surface area (Å²) in [6.45, 7) is 0. The van der Waals surface area contributed by atoms with E-state index in [0.717, 1.165) is 23.5 Å². The molecule has 80 valence electrons. The Morgan fingerprint density at radius 1 is 1.06 bits per heavy atom. The lowest BCUT2D eigenvalue weighted by molar-refractivity contribution is 0.110. The maximum atomic E-state index is 10.5. The molecule has 0 saturated heterocycles. The van der Waals surface area contributed by atoms with E-state index in [4.69, 9.17) is 4.42 Å². The Hall–Kier alpha value is -1.83. The number of hydrogen-bond donors (Lipinski definition) is 0. The molecule has 2 heteroatoms. The van der Waals surface area contributed by atoms with Gasteiger partial charge in [-0.05, 0) is 36.5 Å². The first kappa shape index (κ1) is 9.40. The van der Waals surface area contributed by atoms with Gasteiger partial charge in [0, 0.05) is 5.56 Å². The van der Waals surface area contributed by atoms with Crippen molar-refractivity contribution in [1.29, 1.82) is 0 Å². The lowest BCUT2D eigenvalue weighted by Crippen LogP contribution is -1.79. The molecule has 1 heterocycles. The molecule has 0 unspecified atom stereocenters. The van der Waals surface area contributed by atoms with Crippen LogP contribution in [0.15, 0.2) is 40.8 Å². The second-order valence-corrected chi connectivity index (χ2v) is 4.22. The highest BCUT2D eigenvalue weighted by atomic mass is 16.3. The Balaban J connectivity index is 1.90. The van der Waals surface area contributed by atoms with Crippen LogP contribution in [0.2, 0.25) is 0 Å². The van der Waals surface area contributed by atoms with Gasteiger partial charge in [-0.3, -0.25) is 4.79 Å². The first-order valence-electron chi connectivity index (χ1n) is 5.52. The van der Waals surface area contributed by atoms with Crippen molar-refractivity contribution in [1.82, 2.24) is 0 Å². The van der Waals surface area contributed by atoms with E-state index in [2.05, 4.69) is 24.3 Å². The molecule has 1 aliphatic rings. The van der Waals surface area contributed by atoms with Crippen LogP contribution in [0.4, 0.5) is 0 Å². The Kier molecular flexibility index (Phi) is 2.13. The van der Waals surface area contributed by atoms with Crippen LogP contribution in [0.3, 0.4) is 0 Å². The summed E-state index contributed by atoms with van der Waals surface area (Å²) in [5.74, 6) is 1.90. The molecule has 2 aromatic rings. The summed E-state index contributed by atoms with van der Waals surface area (Å²) in [6.07, 6.45) is 3.35. The number of rotatable bonds is 3. The van der Waals surface area contributed by atoms with Crippen molar-refractivity contribution in [2.24, 2.45) is 0 Å². The molecule has 0 atom stereocenters. The standard InChI is InChI=1S/C14H12O2/c15-9-13-7-8-14(16-13)12-5-3-11(4-6-12)10-1-2-10/h3-10H,1-2H2. The summed E-state index contributed by atoms with van der Waals surface area (Å²) in [4.78, 5) is 10.5. The summed E-state index contributed by atoms with van der Waals surface area (Å²) < 4.78 is 5.37. The highest BCUT2D eigenvalue weighted by Crippen LogP contribution is 2.40. The van der Waals surface area contributed by atoms with Gasteiger partial charge in [-0.25, -0.2) is 0 Å². The Morgan fingerprint density at radius 3 is 2.38 bits per heavy atom. The lowest BCUT2D eigenvalue weighted by Gasteiger charge is -2.00. The Labute approximate surface area is 93.9 Å². The second-order valence-electron chi connectivity index (χ2n) is 4.22. The molecule has 1 saturated carbocycles. The van der Waals surface area contributed by atoms with Crippen molar-refractivity contribution < 1.29 is 9.21 Å². The molecule has 1 fully saturated rings. The van der Waals surface area contributed by atoms with Gasteiger partial charge in [-0.1, -0.05) is 24.3 Å². The molecule has 0 amide bonds. The summed E-state index contributed by atoms with van der Waals surface area (Å²) in [5, 5.41) is 0. The minimum absolute atomic E-state index is 0.376. The van der Waals surface area contributed by atoms with E-state index in [-0.39, 0.29) is 0 Å². The van der Waals surface area contributed by atoms with Gasteiger partial charge < -0.3 is 4.42 Å². The minimum atomic E-state index is 0.376. The largest absolute Gasteiger partial charge is 0.453 e. The molecule has 0 spiro atoms. The van der Waals surface area contributed by atoms with Crippen LogP contribution in [0, 0.1) is 0 Å². The molecule has 16 heavy (non-hydrogen) atoms. The fourth-order valence-electron chi connectivity index (χ4n) is 1.91. The van der Waals surface area contributed by atoms with Gasteiger partial charge in [-0.15, -0.1) is 0 Å². The van der Waals surface area contributed by atoms with Crippen LogP contribution >= 0.6 is 0 Å². The number of carbonyl (C=O) groups excluding carboxylic acids is 1. The first-order valence-corrected chi connectivity index (χ1v) is 5.52. The number of benzene rings is 1. The van der Waals surface area contributed by atoms with Crippen molar-refractivity contribution in [3.8, 4) is 11.3 Å². The maximum Gasteiger partial charge on any atom is 0.185 e. The molecule has 1 aromatic heterocycles. The lowest BCUT2D eigenvalue weighted by atomic mass is 10.1. The smallest absolute Gasteiger partial charge is 0.185 e. The molecular formula is C14H12O2. The van der Waals surface area contributed by atoms with Crippen LogP contribution in [0.5, 0.6) is 0 Å². The summed E-state index contributed by atoms with van der Waals surface area (Å²) >= 11 is 0. The van der Waals surface area contributed by atoms with Crippen molar-refractivity contribution in [3.05, 3.63) is 47.7 Å². The molecular weight excluding hydrogens is 200 g/mol. The van der Waals surface area contributed by atoms with Crippen molar-refractivity contribution in [2.45, 2.75) is 18.8 Å². The van der Waals surface area contributed by atoms with E-state index in [1.54, 1.807) is 6.07 Å². The molecule has 1 aromatic carbocycles. The molecule has 0 aliphatic heterocycles. The monoisotopic (exact) mass is 212 g/mol. The average molecular weight is 212 g/mol. The quantitative estimate of drug-likeness (QED) is 0.727. The predicted molar refractivity (Wildman–Crippen MR) is 61.5 cm³/mol. The summed E-state index contributed by atoms with van der Waals surface area (Å²) in [7, 11) is 0. The normalized spacial score (nSPS) is 15.0. The van der Waals surface area contributed by atoms with Gasteiger partial charge in [-0.2, -0.15) is 0 Å². The number of hydrogen-bond acceptors (Lipinski definition) is 2. The third kappa shape index (κ3) is 1.67. The van der Waals surface area contributed by atoms with Crippen LogP contribution in [-0.4, -0.2) is 6.29 Å². The van der Waals surface area contributed by atoms with Crippen molar-refractivity contribution in [2.75, 3.05) is 0 Å². The van der Waals surface area contributed by atoms with Crippen LogP contribution in [-0.2, 0) is 0 Å². The van der Waals surface area contributed by atoms with Gasteiger partial charge in [0.15, 0.2) is 12.0 Å². The van der Waals surface area contributed by atoms with Crippen molar-refractivity contribution >= 4 is 6.29 Å². The van der Waals surface area contributed by atoms with Crippen LogP contribution in [0.1, 0.15) is 34.9 Å². The zero-order chi connectivity index (χ0) is 11.0. The van der Waals surface area contributed by atoms with Gasteiger partial charge in [0.2, 0.25) is 0 Å². The van der Waals surface area contributed by atoms with Crippen molar-refractivity contribution in [3.63, 3.8) is 0 Å². The van der Waals surface area contributed by atoms with E-state index in [9.17, 15) is 4.79 Å². The molecule has 0 radical (unpaired) electrons. The fraction of sp³-hybridized carbons (Fsp3) is 0.214. The highest BCUT2D eigenvalue weighted by molar-refractivity contribution is 5.72. The number of aldehydes is 1. The van der Waals surface area contributed by atoms with Gasteiger partial charge >= 0.3 is 0 Å². The third-order valence-electron chi connectivity index (χ3n) is 2.99. The zero-order valence-corrected chi connectivity index (χ0v) is 8.85. The van der Waals surface area contributed by atoms with Crippen LogP contribution in [0.25, 0.3) is 11.3 Å². The minimum Gasteiger partial charge on any atom is -0.453 e. The first-order chi connectivity index (χ1) is 7.86. The molecule has 1 aliphatic carbocycles. The van der Waals surface area contributed by atoms with Gasteiger partial charge in [0.25, 0.3) is 0 Å². The molecule has 2 nitrogen and oxygen atoms in total. The van der Waals surface area contributed by atoms with E-state index in [1.807, 2.05) is 6.07 Å². The number of furan rings is 1. The van der Waals surface area contributed by atoms with Gasteiger partial charge in [0.1, 0.15) is 5.76 Å². The number of carbonyl (C=O) groups is 1. The van der Waals surface area contributed by atoms with Gasteiger partial charge in [0.05, 0.1) is 0 Å². The summed E-state index contributed by atoms with van der Waals surface area (Å²) in [5.41, 5.74) is 2.43.